The number of fused-ring (bicyclic) bond motifs is 2. The van der Waals surface area contributed by atoms with Crippen LogP contribution in [0.15, 0.2) is 48.8 Å². The van der Waals surface area contributed by atoms with Gasteiger partial charge in [-0.1, -0.05) is 32.0 Å². The zero-order valence-corrected chi connectivity index (χ0v) is 28.9. The molecule has 7 rings (SSSR count). The molecule has 1 saturated carbocycles. The molecule has 2 N–H and O–H groups in total. The highest BCUT2D eigenvalue weighted by Crippen LogP contribution is 2.48. The lowest BCUT2D eigenvalue weighted by Gasteiger charge is -2.46. The van der Waals surface area contributed by atoms with Gasteiger partial charge in [0.15, 0.2) is 5.82 Å². The monoisotopic (exact) mass is 633 g/mol. The molecule has 0 spiro atoms. The molecule has 0 atom stereocenters. The molecule has 2 aromatic carbocycles. The molecule has 1 aliphatic carbocycles. The Morgan fingerprint density at radius 3 is 2.47 bits per heavy atom. The fourth-order valence-corrected chi connectivity index (χ4v) is 7.74. The van der Waals surface area contributed by atoms with Crippen molar-refractivity contribution in [1.82, 2.24) is 24.8 Å². The summed E-state index contributed by atoms with van der Waals surface area (Å²) in [5.41, 5.74) is 7.58. The average Bonchev–Trinajstić information content (AvgIpc) is 3.66. The minimum Gasteiger partial charge on any atom is -0.355 e. The first-order valence-electron chi connectivity index (χ1n) is 17.0. The van der Waals surface area contributed by atoms with Crippen molar-refractivity contribution >= 4 is 40.0 Å². The number of hydrogen-bond donors (Lipinski definition) is 2. The molecule has 4 heterocycles. The van der Waals surface area contributed by atoms with E-state index in [0.717, 1.165) is 70.7 Å². The Kier molecular flexibility index (Phi) is 7.46. The van der Waals surface area contributed by atoms with Gasteiger partial charge >= 0.3 is 0 Å². The highest BCUT2D eigenvalue weighted by atomic mass is 16.2. The molecule has 0 unspecified atom stereocenters. The zero-order valence-electron chi connectivity index (χ0n) is 28.9. The van der Waals surface area contributed by atoms with Gasteiger partial charge < -0.3 is 20.1 Å². The van der Waals surface area contributed by atoms with Crippen molar-refractivity contribution in [3.05, 3.63) is 65.5 Å². The van der Waals surface area contributed by atoms with Crippen molar-refractivity contribution in [2.24, 2.45) is 5.41 Å². The fraction of sp³-hybridized carbons (Fsp3) is 0.474. The van der Waals surface area contributed by atoms with Crippen LogP contribution in [0.1, 0.15) is 88.3 Å². The van der Waals surface area contributed by atoms with E-state index in [1.54, 1.807) is 7.05 Å². The van der Waals surface area contributed by atoms with Crippen LogP contribution in [-0.2, 0) is 10.2 Å². The largest absolute Gasteiger partial charge is 0.355 e. The second-order valence-electron chi connectivity index (χ2n) is 15.4. The lowest BCUT2D eigenvalue weighted by atomic mass is 9.83. The number of amides is 2. The van der Waals surface area contributed by atoms with Gasteiger partial charge in [0, 0.05) is 54.2 Å². The van der Waals surface area contributed by atoms with Crippen molar-refractivity contribution < 1.29 is 9.59 Å². The summed E-state index contributed by atoms with van der Waals surface area (Å²) < 4.78 is 2.11. The molecule has 0 radical (unpaired) electrons. The second-order valence-corrected chi connectivity index (χ2v) is 15.4. The maximum absolute atomic E-state index is 14.0. The maximum atomic E-state index is 14.0. The van der Waals surface area contributed by atoms with E-state index in [2.05, 4.69) is 70.9 Å². The number of nitrogens with one attached hydrogen (secondary N) is 2. The number of aromatic nitrogens is 3. The van der Waals surface area contributed by atoms with Crippen molar-refractivity contribution in [2.75, 3.05) is 30.4 Å². The van der Waals surface area contributed by atoms with Crippen LogP contribution >= 0.6 is 0 Å². The summed E-state index contributed by atoms with van der Waals surface area (Å²) in [7, 11) is 1.64. The van der Waals surface area contributed by atoms with Crippen LogP contribution in [0.4, 0.5) is 17.2 Å². The number of aryl methyl sites for hydroxylation is 1. The number of pyridine rings is 1. The lowest BCUT2D eigenvalue weighted by Crippen LogP contribution is -2.56. The van der Waals surface area contributed by atoms with Gasteiger partial charge in [-0.15, -0.1) is 0 Å². The number of imidazole rings is 1. The first-order chi connectivity index (χ1) is 22.3. The first kappa shape index (κ1) is 31.4. The molecule has 47 heavy (non-hydrogen) atoms. The van der Waals surface area contributed by atoms with Gasteiger partial charge in [-0.05, 0) is 101 Å². The van der Waals surface area contributed by atoms with E-state index >= 15 is 0 Å². The molecule has 9 heteroatoms. The third-order valence-corrected chi connectivity index (χ3v) is 10.7. The van der Waals surface area contributed by atoms with E-state index in [1.807, 2.05) is 51.4 Å². The highest BCUT2D eigenvalue weighted by Gasteiger charge is 2.51. The van der Waals surface area contributed by atoms with Gasteiger partial charge in [-0.2, -0.15) is 0 Å². The topological polar surface area (TPSA) is 95.4 Å². The van der Waals surface area contributed by atoms with Gasteiger partial charge in [-0.25, -0.2) is 9.97 Å². The summed E-state index contributed by atoms with van der Waals surface area (Å²) in [4.78, 5) is 41.2. The minimum absolute atomic E-state index is 0.132. The van der Waals surface area contributed by atoms with Crippen LogP contribution in [0.5, 0.6) is 0 Å². The number of benzene rings is 2. The number of carbonyl (C=O) groups is 2. The Balaban J connectivity index is 1.25. The number of hydrogen-bond acceptors (Lipinski definition) is 6. The number of anilines is 3. The lowest BCUT2D eigenvalue weighted by molar-refractivity contribution is -0.123. The maximum Gasteiger partial charge on any atom is 0.251 e. The molecule has 2 amide bonds. The molecule has 1 saturated heterocycles. The standard InChI is InChI=1S/C38H47N7O2/c1-22(2)44-21-40-31-19-30(42-34(33(31)44)41-25-11-9-23(3)28(16-25)35(46)39-8)24-10-12-29-32(15-24)45(36(47)38(29,6)7)27-17-26(18-27)43-14-13-37(4,5)20-43/h9-12,15-16,19,21-22,26-27H,13-14,17-18,20H2,1-8H3,(H,39,46)(H,41,42)/t26-,27+. The van der Waals surface area contributed by atoms with Crippen LogP contribution in [0.2, 0.25) is 0 Å². The Bertz CT molecular complexity index is 1900. The molecular formula is C38H47N7O2. The van der Waals surface area contributed by atoms with Crippen LogP contribution < -0.4 is 15.5 Å². The Morgan fingerprint density at radius 2 is 1.79 bits per heavy atom. The molecular weight excluding hydrogens is 586 g/mol. The van der Waals surface area contributed by atoms with Crippen LogP contribution in [0, 0.1) is 12.3 Å². The van der Waals surface area contributed by atoms with Gasteiger partial charge in [0.1, 0.15) is 5.52 Å². The number of nitrogens with zero attached hydrogens (tertiary/aromatic N) is 5. The van der Waals surface area contributed by atoms with Crippen LogP contribution in [0.25, 0.3) is 22.3 Å². The smallest absolute Gasteiger partial charge is 0.251 e. The summed E-state index contributed by atoms with van der Waals surface area (Å²) in [6.07, 6.45) is 5.12. The molecule has 246 valence electrons. The molecule has 4 aromatic rings. The number of rotatable bonds is 7. The van der Waals surface area contributed by atoms with Gasteiger partial charge in [0.25, 0.3) is 5.91 Å². The summed E-state index contributed by atoms with van der Waals surface area (Å²) >= 11 is 0. The van der Waals surface area contributed by atoms with E-state index in [0.29, 0.717) is 22.8 Å². The SMILES string of the molecule is CNC(=O)c1cc(Nc2nc(-c3ccc4c(c3)N([C@H]3C[C@@H](N5CCC(C)(C)C5)C3)C(=O)C4(C)C)cc3ncn(C(C)C)c23)ccc1C. The zero-order chi connectivity index (χ0) is 33.4. The third kappa shape index (κ3) is 5.29. The average molecular weight is 634 g/mol. The summed E-state index contributed by atoms with van der Waals surface area (Å²) in [6.45, 7) is 17.3. The van der Waals surface area contributed by atoms with E-state index in [4.69, 9.17) is 9.97 Å². The van der Waals surface area contributed by atoms with Gasteiger partial charge in [-0.3, -0.25) is 14.5 Å². The summed E-state index contributed by atoms with van der Waals surface area (Å²) in [6, 6.07) is 15.1. The second kappa shape index (κ2) is 11.2. The summed E-state index contributed by atoms with van der Waals surface area (Å²) in [5.74, 6) is 0.717. The molecule has 0 bridgehead atoms. The minimum atomic E-state index is -0.581. The molecule has 2 aromatic heterocycles. The molecule has 2 aliphatic heterocycles. The van der Waals surface area contributed by atoms with Crippen LogP contribution in [-0.4, -0.2) is 63.5 Å². The number of carbonyl (C=O) groups excluding carboxylic acids is 2. The Morgan fingerprint density at radius 1 is 1.02 bits per heavy atom. The van der Waals surface area contributed by atoms with E-state index < -0.39 is 5.41 Å². The Labute approximate surface area is 277 Å². The predicted octanol–water partition coefficient (Wildman–Crippen LogP) is 6.98. The molecule has 2 fully saturated rings. The third-order valence-electron chi connectivity index (χ3n) is 10.7. The molecule has 9 nitrogen and oxygen atoms in total. The number of likely N-dealkylation sites (tertiary alicyclic amines) is 1. The van der Waals surface area contributed by atoms with Crippen molar-refractivity contribution in [3.63, 3.8) is 0 Å². The van der Waals surface area contributed by atoms with Gasteiger partial charge in [0.2, 0.25) is 5.91 Å². The quantitative estimate of drug-likeness (QED) is 0.228. The predicted molar refractivity (Wildman–Crippen MR) is 188 cm³/mol. The Hall–Kier alpha value is -4.24. The fourth-order valence-electron chi connectivity index (χ4n) is 7.74. The summed E-state index contributed by atoms with van der Waals surface area (Å²) in [5, 5.41) is 6.25. The normalized spacial score (nSPS) is 21.7. The van der Waals surface area contributed by atoms with E-state index in [-0.39, 0.29) is 23.9 Å². The van der Waals surface area contributed by atoms with Crippen molar-refractivity contribution in [2.45, 2.75) is 91.3 Å². The highest BCUT2D eigenvalue weighted by molar-refractivity contribution is 6.09. The molecule has 3 aliphatic rings. The van der Waals surface area contributed by atoms with Crippen molar-refractivity contribution in [1.29, 1.82) is 0 Å². The van der Waals surface area contributed by atoms with Crippen LogP contribution in [0.3, 0.4) is 0 Å². The van der Waals surface area contributed by atoms with E-state index in [9.17, 15) is 9.59 Å². The first-order valence-corrected chi connectivity index (χ1v) is 17.0. The van der Waals surface area contributed by atoms with Gasteiger partial charge in [0.05, 0.1) is 23.0 Å². The van der Waals surface area contributed by atoms with Crippen molar-refractivity contribution in [3.8, 4) is 11.3 Å². The van der Waals surface area contributed by atoms with E-state index in [1.165, 1.54) is 6.42 Å².